The number of fused-ring (bicyclic) bond motifs is 3. The zero-order valence-corrected chi connectivity index (χ0v) is 9.54. The minimum atomic E-state index is 1.21. The van der Waals surface area contributed by atoms with Gasteiger partial charge in [-0.2, -0.15) is 0 Å². The van der Waals surface area contributed by atoms with Crippen molar-refractivity contribution in [2.24, 2.45) is 0 Å². The van der Waals surface area contributed by atoms with Crippen molar-refractivity contribution in [2.45, 2.75) is 13.8 Å². The van der Waals surface area contributed by atoms with Gasteiger partial charge in [0.25, 0.3) is 0 Å². The molecule has 0 aromatic heterocycles. The Bertz CT molecular complexity index is 678. The monoisotopic (exact) mass is 205 g/mol. The number of rotatable bonds is 0. The number of aryl methyl sites for hydroxylation is 2. The molecule has 77 valence electrons. The summed E-state index contributed by atoms with van der Waals surface area (Å²) in [6.45, 7) is 4.28. The average molecular weight is 205 g/mol. The number of hydrogen-bond acceptors (Lipinski definition) is 0. The first-order chi connectivity index (χ1) is 7.75. The van der Waals surface area contributed by atoms with Gasteiger partial charge in [0.15, 0.2) is 0 Å². The van der Waals surface area contributed by atoms with E-state index in [4.69, 9.17) is 0 Å². The Morgan fingerprint density at radius 1 is 0.938 bits per heavy atom. The third-order valence-electron chi connectivity index (χ3n) is 3.09. The van der Waals surface area contributed by atoms with Crippen LogP contribution >= 0.6 is 0 Å². The largest absolute Gasteiger partial charge is 0.0616 e. The molecular weight excluding hydrogens is 192 g/mol. The Balaban J connectivity index is 2.60. The summed E-state index contributed by atoms with van der Waals surface area (Å²) < 4.78 is 0. The normalized spacial score (nSPS) is 11.1. The van der Waals surface area contributed by atoms with E-state index in [0.29, 0.717) is 0 Å². The summed E-state index contributed by atoms with van der Waals surface area (Å²) in [7, 11) is 0. The molecule has 0 heterocycles. The Kier molecular flexibility index (Phi) is 1.97. The molecule has 0 spiro atoms. The molecule has 0 aliphatic rings. The van der Waals surface area contributed by atoms with Crippen LogP contribution in [0.4, 0.5) is 0 Å². The zero-order chi connectivity index (χ0) is 11.1. The summed E-state index contributed by atoms with van der Waals surface area (Å²) in [5.74, 6) is 0. The molecule has 0 heteroatoms. The summed E-state index contributed by atoms with van der Waals surface area (Å²) in [5, 5.41) is 5.18. The van der Waals surface area contributed by atoms with Crippen LogP contribution in [0.3, 0.4) is 0 Å². The molecule has 0 amide bonds. The van der Waals surface area contributed by atoms with Gasteiger partial charge in [-0.1, -0.05) is 42.5 Å². The maximum absolute atomic E-state index is 3.42. The minimum Gasteiger partial charge on any atom is -0.0616 e. The molecule has 0 nitrogen and oxygen atoms in total. The van der Waals surface area contributed by atoms with Gasteiger partial charge in [-0.15, -0.1) is 0 Å². The van der Waals surface area contributed by atoms with E-state index in [1.807, 2.05) is 0 Å². The standard InChI is InChI=1S/C16H13/c1-11-9-12(2)16-14(10-11)8-7-13-5-3-4-6-15(13)16/h3-9H,1-2H3. The maximum atomic E-state index is 3.42. The molecule has 0 saturated carbocycles. The van der Waals surface area contributed by atoms with Gasteiger partial charge in [0.2, 0.25) is 0 Å². The lowest BCUT2D eigenvalue weighted by Crippen LogP contribution is -1.84. The van der Waals surface area contributed by atoms with Gasteiger partial charge in [0, 0.05) is 0 Å². The Morgan fingerprint density at radius 3 is 2.62 bits per heavy atom. The second-order valence-corrected chi connectivity index (χ2v) is 4.34. The molecular formula is C16H13. The lowest BCUT2D eigenvalue weighted by Gasteiger charge is -2.07. The molecule has 0 atom stereocenters. The van der Waals surface area contributed by atoms with Crippen molar-refractivity contribution in [3.05, 3.63) is 59.7 Å². The molecule has 1 radical (unpaired) electrons. The van der Waals surface area contributed by atoms with Crippen LogP contribution in [-0.4, -0.2) is 0 Å². The highest BCUT2D eigenvalue weighted by Crippen LogP contribution is 2.28. The molecule has 3 aromatic carbocycles. The van der Waals surface area contributed by atoms with E-state index in [1.54, 1.807) is 0 Å². The van der Waals surface area contributed by atoms with Crippen LogP contribution in [0.5, 0.6) is 0 Å². The van der Waals surface area contributed by atoms with Gasteiger partial charge in [-0.3, -0.25) is 0 Å². The number of benzene rings is 3. The molecule has 0 bridgehead atoms. The van der Waals surface area contributed by atoms with Crippen LogP contribution in [0.1, 0.15) is 11.1 Å². The van der Waals surface area contributed by atoms with E-state index in [0.717, 1.165) is 0 Å². The predicted octanol–water partition coefficient (Wildman–Crippen LogP) is 4.41. The van der Waals surface area contributed by atoms with E-state index in [-0.39, 0.29) is 0 Å². The molecule has 0 N–H and O–H groups in total. The Hall–Kier alpha value is -1.82. The fourth-order valence-corrected chi connectivity index (χ4v) is 2.45. The third kappa shape index (κ3) is 1.30. The van der Waals surface area contributed by atoms with Crippen LogP contribution < -0.4 is 0 Å². The van der Waals surface area contributed by atoms with Crippen LogP contribution in [-0.2, 0) is 0 Å². The van der Waals surface area contributed by atoms with Crippen LogP contribution in [0.15, 0.2) is 42.5 Å². The highest BCUT2D eigenvalue weighted by molar-refractivity contribution is 6.08. The van der Waals surface area contributed by atoms with Crippen molar-refractivity contribution in [3.8, 4) is 0 Å². The SMILES string of the molecule is Cc1[c]c2ccc3ccccc3c2c(C)c1. The number of hydrogen-bond donors (Lipinski definition) is 0. The third-order valence-corrected chi connectivity index (χ3v) is 3.09. The summed E-state index contributed by atoms with van der Waals surface area (Å²) in [4.78, 5) is 0. The van der Waals surface area contributed by atoms with Gasteiger partial charge < -0.3 is 0 Å². The van der Waals surface area contributed by atoms with E-state index in [1.165, 1.54) is 32.7 Å². The maximum Gasteiger partial charge on any atom is -0.00668 e. The molecule has 0 aliphatic heterocycles. The van der Waals surface area contributed by atoms with Crippen molar-refractivity contribution in [1.82, 2.24) is 0 Å². The molecule has 0 unspecified atom stereocenters. The average Bonchev–Trinajstić information content (AvgIpc) is 2.28. The second kappa shape index (κ2) is 3.34. The summed E-state index contributed by atoms with van der Waals surface area (Å²) >= 11 is 0. The Morgan fingerprint density at radius 2 is 1.75 bits per heavy atom. The van der Waals surface area contributed by atoms with E-state index < -0.39 is 0 Å². The first kappa shape index (κ1) is 9.41. The van der Waals surface area contributed by atoms with Crippen molar-refractivity contribution < 1.29 is 0 Å². The van der Waals surface area contributed by atoms with Crippen molar-refractivity contribution in [1.29, 1.82) is 0 Å². The predicted molar refractivity (Wildman–Crippen MR) is 69.8 cm³/mol. The summed E-state index contributed by atoms with van der Waals surface area (Å²) in [6, 6.07) is 18.5. The quantitative estimate of drug-likeness (QED) is 0.477. The molecule has 0 saturated heterocycles. The molecule has 3 aromatic rings. The Labute approximate surface area is 95.5 Å². The fourth-order valence-electron chi connectivity index (χ4n) is 2.45. The van der Waals surface area contributed by atoms with E-state index in [2.05, 4.69) is 62.4 Å². The topological polar surface area (TPSA) is 0 Å². The minimum absolute atomic E-state index is 1.21. The molecule has 0 aliphatic carbocycles. The first-order valence-electron chi connectivity index (χ1n) is 5.57. The second-order valence-electron chi connectivity index (χ2n) is 4.34. The van der Waals surface area contributed by atoms with Crippen molar-refractivity contribution >= 4 is 21.5 Å². The van der Waals surface area contributed by atoms with Crippen molar-refractivity contribution in [2.75, 3.05) is 0 Å². The van der Waals surface area contributed by atoms with Crippen LogP contribution in [0, 0.1) is 19.9 Å². The van der Waals surface area contributed by atoms with Crippen LogP contribution in [0.2, 0.25) is 0 Å². The summed E-state index contributed by atoms with van der Waals surface area (Å²) in [5.41, 5.74) is 2.54. The zero-order valence-electron chi connectivity index (χ0n) is 9.54. The highest BCUT2D eigenvalue weighted by Gasteiger charge is 2.03. The molecule has 16 heavy (non-hydrogen) atoms. The van der Waals surface area contributed by atoms with Gasteiger partial charge >= 0.3 is 0 Å². The van der Waals surface area contributed by atoms with E-state index in [9.17, 15) is 0 Å². The van der Waals surface area contributed by atoms with Gasteiger partial charge in [0.05, 0.1) is 0 Å². The fraction of sp³-hybridized carbons (Fsp3) is 0.125. The van der Waals surface area contributed by atoms with Gasteiger partial charge in [-0.05, 0) is 52.6 Å². The first-order valence-corrected chi connectivity index (χ1v) is 5.57. The summed E-state index contributed by atoms with van der Waals surface area (Å²) in [6.07, 6.45) is 0. The molecule has 3 rings (SSSR count). The lowest BCUT2D eigenvalue weighted by molar-refractivity contribution is 1.43. The van der Waals surface area contributed by atoms with Gasteiger partial charge in [-0.25, -0.2) is 0 Å². The van der Waals surface area contributed by atoms with Gasteiger partial charge in [0.1, 0.15) is 0 Å². The smallest absolute Gasteiger partial charge is 0.00668 e. The van der Waals surface area contributed by atoms with E-state index >= 15 is 0 Å². The van der Waals surface area contributed by atoms with Crippen LogP contribution in [0.25, 0.3) is 21.5 Å². The highest BCUT2D eigenvalue weighted by atomic mass is 14.1. The lowest BCUT2D eigenvalue weighted by atomic mass is 9.97. The molecule has 0 fully saturated rings. The van der Waals surface area contributed by atoms with Crippen molar-refractivity contribution in [3.63, 3.8) is 0 Å².